The van der Waals surface area contributed by atoms with Crippen LogP contribution in [0.3, 0.4) is 0 Å². The summed E-state index contributed by atoms with van der Waals surface area (Å²) < 4.78 is 4.74. The van der Waals surface area contributed by atoms with Crippen LogP contribution in [0.4, 0.5) is 4.79 Å². The van der Waals surface area contributed by atoms with Gasteiger partial charge in [0.05, 0.1) is 6.04 Å². The number of benzene rings is 1. The minimum Gasteiger partial charge on any atom is -0.437 e. The van der Waals surface area contributed by atoms with E-state index < -0.39 is 35.7 Å². The molecule has 0 radical (unpaired) electrons. The van der Waals surface area contributed by atoms with Gasteiger partial charge in [0.2, 0.25) is 0 Å². The third-order valence-electron chi connectivity index (χ3n) is 6.09. The molecule has 172 valence electrons. The van der Waals surface area contributed by atoms with Crippen LogP contribution in [-0.2, 0) is 14.3 Å². The van der Waals surface area contributed by atoms with E-state index in [2.05, 4.69) is 10.6 Å². The molecule has 2 rings (SSSR count). The first kappa shape index (κ1) is 24.7. The first-order valence-corrected chi connectivity index (χ1v) is 10.9. The summed E-state index contributed by atoms with van der Waals surface area (Å²) in [7, 11) is 0. The summed E-state index contributed by atoms with van der Waals surface area (Å²) >= 11 is 0. The van der Waals surface area contributed by atoms with Gasteiger partial charge in [-0.05, 0) is 43.1 Å². The Bertz CT molecular complexity index is 770. The number of primary amides is 1. The molecular weight excluding hydrogens is 398 g/mol. The normalized spacial score (nSPS) is 25.4. The number of amides is 3. The average Bonchev–Trinajstić information content (AvgIpc) is 2.70. The molecule has 3 amide bonds. The number of nitrogens with one attached hydrogen (secondary N) is 2. The van der Waals surface area contributed by atoms with E-state index in [1.165, 1.54) is 6.92 Å². The molecule has 1 saturated carbocycles. The molecule has 31 heavy (non-hydrogen) atoms. The Morgan fingerprint density at radius 2 is 1.84 bits per heavy atom. The Labute approximate surface area is 183 Å². The summed E-state index contributed by atoms with van der Waals surface area (Å²) in [5, 5.41) is 17.0. The van der Waals surface area contributed by atoms with Crippen LogP contribution in [0.1, 0.15) is 58.6 Å². The molecule has 0 spiro atoms. The number of nitrogens with two attached hydrogens (primary N) is 1. The van der Waals surface area contributed by atoms with Crippen LogP contribution < -0.4 is 16.4 Å². The molecular formula is C23H35N3O5. The fraction of sp³-hybridized carbons (Fsp3) is 0.609. The number of hydrogen-bond donors (Lipinski definition) is 4. The number of rotatable bonds is 8. The highest BCUT2D eigenvalue weighted by atomic mass is 16.6. The quantitative estimate of drug-likeness (QED) is 0.499. The maximum Gasteiger partial charge on any atom is 0.405 e. The molecule has 1 aliphatic carbocycles. The molecule has 5 N–H and O–H groups in total. The third kappa shape index (κ3) is 6.43. The second kappa shape index (κ2) is 10.6. The second-order valence-electron chi connectivity index (χ2n) is 8.92. The third-order valence-corrected chi connectivity index (χ3v) is 6.09. The molecule has 5 atom stereocenters. The topological polar surface area (TPSA) is 131 Å². The van der Waals surface area contributed by atoms with Crippen LogP contribution in [0.5, 0.6) is 0 Å². The number of hydrogen-bond acceptors (Lipinski definition) is 5. The Morgan fingerprint density at radius 3 is 2.42 bits per heavy atom. The van der Waals surface area contributed by atoms with Crippen molar-refractivity contribution in [2.45, 2.75) is 64.7 Å². The van der Waals surface area contributed by atoms with Crippen molar-refractivity contribution in [2.75, 3.05) is 6.54 Å². The van der Waals surface area contributed by atoms with E-state index in [1.807, 2.05) is 51.1 Å². The summed E-state index contributed by atoms with van der Waals surface area (Å²) in [6.45, 7) is 7.58. The van der Waals surface area contributed by atoms with E-state index in [-0.39, 0.29) is 24.3 Å². The van der Waals surface area contributed by atoms with Gasteiger partial charge in [-0.3, -0.25) is 9.59 Å². The summed E-state index contributed by atoms with van der Waals surface area (Å²) in [5.41, 5.74) is 4.32. The largest absolute Gasteiger partial charge is 0.437 e. The van der Waals surface area contributed by atoms with Gasteiger partial charge < -0.3 is 26.2 Å². The highest BCUT2D eigenvalue weighted by Crippen LogP contribution is 2.41. The Morgan fingerprint density at radius 1 is 1.19 bits per heavy atom. The first-order chi connectivity index (χ1) is 14.5. The zero-order valence-electron chi connectivity index (χ0n) is 18.8. The van der Waals surface area contributed by atoms with Crippen LogP contribution >= 0.6 is 0 Å². The van der Waals surface area contributed by atoms with Gasteiger partial charge in [0, 0.05) is 6.54 Å². The predicted octanol–water partition coefficient (Wildman–Crippen LogP) is 2.27. The molecule has 0 bridgehead atoms. The van der Waals surface area contributed by atoms with Crippen molar-refractivity contribution in [3.8, 4) is 0 Å². The van der Waals surface area contributed by atoms with Crippen molar-refractivity contribution in [1.29, 1.82) is 0 Å². The highest BCUT2D eigenvalue weighted by molar-refractivity contribution is 5.86. The van der Waals surface area contributed by atoms with E-state index in [4.69, 9.17) is 10.5 Å². The van der Waals surface area contributed by atoms with Crippen molar-refractivity contribution >= 4 is 17.9 Å². The van der Waals surface area contributed by atoms with E-state index in [0.717, 1.165) is 18.4 Å². The van der Waals surface area contributed by atoms with E-state index in [0.29, 0.717) is 6.42 Å². The first-order valence-electron chi connectivity index (χ1n) is 10.9. The lowest BCUT2D eigenvalue weighted by molar-refractivity contribution is -0.156. The number of ether oxygens (including phenoxy) is 1. The van der Waals surface area contributed by atoms with Gasteiger partial charge in [0.15, 0.2) is 6.10 Å². The maximum absolute atomic E-state index is 13.1. The molecule has 8 nitrogen and oxygen atoms in total. The smallest absolute Gasteiger partial charge is 0.405 e. The van der Waals surface area contributed by atoms with E-state index >= 15 is 0 Å². The molecule has 0 unspecified atom stereocenters. The lowest BCUT2D eigenvalue weighted by Gasteiger charge is -2.43. The van der Waals surface area contributed by atoms with Gasteiger partial charge in [0.25, 0.3) is 11.8 Å². The predicted molar refractivity (Wildman–Crippen MR) is 117 cm³/mol. The minimum atomic E-state index is -1.44. The summed E-state index contributed by atoms with van der Waals surface area (Å²) in [4.78, 5) is 36.5. The molecule has 0 aliphatic heterocycles. The molecule has 0 aromatic heterocycles. The Balaban J connectivity index is 2.14. The van der Waals surface area contributed by atoms with Crippen molar-refractivity contribution in [3.63, 3.8) is 0 Å². The minimum absolute atomic E-state index is 0.0827. The zero-order chi connectivity index (χ0) is 23.2. The van der Waals surface area contributed by atoms with Gasteiger partial charge in [-0.2, -0.15) is 0 Å². The van der Waals surface area contributed by atoms with E-state index in [9.17, 15) is 19.5 Å². The zero-order valence-corrected chi connectivity index (χ0v) is 18.8. The lowest BCUT2D eigenvalue weighted by Crippen LogP contribution is -2.57. The van der Waals surface area contributed by atoms with Crippen molar-refractivity contribution < 1.29 is 24.2 Å². The SMILES string of the molecule is CC(C)[C@@H]1CC[C@@H](C)C[C@@]1(O)C(=O)NC[C@@H](NC(=O)[C@@H](C)OC(N)=O)c1ccccc1. The standard InChI is InChI=1S/C23H35N3O5/c1-14(2)18-11-10-15(3)12-23(18,30)21(28)25-13-19(17-8-6-5-7-9-17)26-20(27)16(4)31-22(24)29/h5-9,14-16,18-19,30H,10-13H2,1-4H3,(H2,24,29)(H,25,28)(H,26,27)/t15-,16-,18+,19-,23+/m1/s1. The van der Waals surface area contributed by atoms with Gasteiger partial charge >= 0.3 is 6.09 Å². The number of aliphatic hydroxyl groups is 1. The number of carbonyl (C=O) groups is 3. The van der Waals surface area contributed by atoms with Crippen molar-refractivity contribution in [1.82, 2.24) is 10.6 Å². The fourth-order valence-corrected chi connectivity index (χ4v) is 4.44. The van der Waals surface area contributed by atoms with Crippen LogP contribution in [0.15, 0.2) is 30.3 Å². The molecule has 1 aliphatic rings. The summed E-state index contributed by atoms with van der Waals surface area (Å²) in [6, 6.07) is 8.57. The van der Waals surface area contributed by atoms with Crippen LogP contribution in [-0.4, -0.2) is 41.3 Å². The molecule has 1 fully saturated rings. The molecule has 0 heterocycles. The van der Waals surface area contributed by atoms with Crippen LogP contribution in [0.2, 0.25) is 0 Å². The number of carbonyl (C=O) groups excluding carboxylic acids is 3. The summed E-state index contributed by atoms with van der Waals surface area (Å²) in [5.74, 6) is -0.666. The highest BCUT2D eigenvalue weighted by Gasteiger charge is 2.48. The molecule has 1 aromatic carbocycles. The molecule has 8 heteroatoms. The van der Waals surface area contributed by atoms with Crippen LogP contribution in [0.25, 0.3) is 0 Å². The fourth-order valence-electron chi connectivity index (χ4n) is 4.44. The maximum atomic E-state index is 13.1. The van der Waals surface area contributed by atoms with Crippen LogP contribution in [0, 0.1) is 17.8 Å². The Hall–Kier alpha value is -2.61. The lowest BCUT2D eigenvalue weighted by atomic mass is 9.66. The average molecular weight is 434 g/mol. The molecule has 0 saturated heterocycles. The Kier molecular flexibility index (Phi) is 8.44. The van der Waals surface area contributed by atoms with Gasteiger partial charge in [-0.25, -0.2) is 4.79 Å². The second-order valence-corrected chi connectivity index (χ2v) is 8.92. The summed E-state index contributed by atoms with van der Waals surface area (Å²) in [6.07, 6.45) is 0.0735. The monoisotopic (exact) mass is 433 g/mol. The van der Waals surface area contributed by atoms with Gasteiger partial charge in [0.1, 0.15) is 5.60 Å². The van der Waals surface area contributed by atoms with Gasteiger partial charge in [-0.1, -0.05) is 57.5 Å². The van der Waals surface area contributed by atoms with Gasteiger partial charge in [-0.15, -0.1) is 0 Å². The van der Waals surface area contributed by atoms with E-state index in [1.54, 1.807) is 0 Å². The van der Waals surface area contributed by atoms with Crippen molar-refractivity contribution in [3.05, 3.63) is 35.9 Å². The molecule has 1 aromatic rings. The van der Waals surface area contributed by atoms with Crippen molar-refractivity contribution in [2.24, 2.45) is 23.5 Å².